The van der Waals surface area contributed by atoms with Gasteiger partial charge in [0.05, 0.1) is 0 Å². The Kier molecular flexibility index (Phi) is 3.53. The van der Waals surface area contributed by atoms with Gasteiger partial charge in [-0.1, -0.05) is 73.6 Å². The molecule has 3 aromatic carbocycles. The van der Waals surface area contributed by atoms with E-state index in [2.05, 4.69) is 67.5 Å². The van der Waals surface area contributed by atoms with E-state index < -0.39 is 8.07 Å². The van der Waals surface area contributed by atoms with Crippen LogP contribution < -0.4 is 0 Å². The summed E-state index contributed by atoms with van der Waals surface area (Å²) in [5, 5.41) is 5.40. The molecule has 0 heterocycles. The van der Waals surface area contributed by atoms with Gasteiger partial charge in [-0.05, 0) is 28.3 Å². The summed E-state index contributed by atoms with van der Waals surface area (Å²) in [4.78, 5) is 0. The van der Waals surface area contributed by atoms with Crippen LogP contribution in [0.1, 0.15) is 5.56 Å². The van der Waals surface area contributed by atoms with E-state index >= 15 is 0 Å². The van der Waals surface area contributed by atoms with E-state index in [0.717, 1.165) is 21.4 Å². The van der Waals surface area contributed by atoms with Crippen LogP contribution >= 0.6 is 11.6 Å². The van der Waals surface area contributed by atoms with Crippen LogP contribution in [0.15, 0.2) is 48.5 Å². The Labute approximate surface area is 131 Å². The molecule has 0 radical (unpaired) electrons. The monoisotopic (exact) mass is 308 g/mol. The predicted molar refractivity (Wildman–Crippen MR) is 96.7 cm³/mol. The van der Waals surface area contributed by atoms with Crippen molar-refractivity contribution in [2.45, 2.75) is 19.6 Å². The minimum absolute atomic E-state index is 0.776. The lowest BCUT2D eigenvalue weighted by Crippen LogP contribution is -2.16. The molecule has 3 rings (SSSR count). The number of hydrogen-bond donors (Lipinski definition) is 0. The molecule has 0 unspecified atom stereocenters. The third kappa shape index (κ3) is 2.83. The highest BCUT2D eigenvalue weighted by atomic mass is 35.5. The highest BCUT2D eigenvalue weighted by Crippen LogP contribution is 2.32. The minimum atomic E-state index is -1.44. The molecule has 0 saturated heterocycles. The Bertz CT molecular complexity index is 892. The Morgan fingerprint density at radius 2 is 1.62 bits per heavy atom. The smallest absolute Gasteiger partial charge is 0.127 e. The van der Waals surface area contributed by atoms with Crippen LogP contribution in [0.2, 0.25) is 24.7 Å². The van der Waals surface area contributed by atoms with Crippen LogP contribution in [0.5, 0.6) is 0 Å². The normalized spacial score (nSPS) is 11.4. The second-order valence-electron chi connectivity index (χ2n) is 6.31. The van der Waals surface area contributed by atoms with Crippen LogP contribution in [0.4, 0.5) is 0 Å². The molecular weight excluding hydrogens is 292 g/mol. The minimum Gasteiger partial charge on any atom is -0.127 e. The topological polar surface area (TPSA) is 0 Å². The summed E-state index contributed by atoms with van der Waals surface area (Å²) in [6.07, 6.45) is 0. The van der Waals surface area contributed by atoms with E-state index in [4.69, 9.17) is 11.6 Å². The van der Waals surface area contributed by atoms with E-state index in [9.17, 15) is 0 Å². The molecule has 0 nitrogen and oxygen atoms in total. The van der Waals surface area contributed by atoms with Gasteiger partial charge < -0.3 is 0 Å². The molecule has 0 fully saturated rings. The molecular formula is C19H17ClSi. The van der Waals surface area contributed by atoms with Gasteiger partial charge in [0.2, 0.25) is 0 Å². The maximum Gasteiger partial charge on any atom is 0.129 e. The van der Waals surface area contributed by atoms with E-state index in [0.29, 0.717) is 0 Å². The fourth-order valence-corrected chi connectivity index (χ4v) is 3.23. The second-order valence-corrected chi connectivity index (χ2v) is 11.5. The van der Waals surface area contributed by atoms with Crippen molar-refractivity contribution in [2.75, 3.05) is 0 Å². The SMILES string of the molecule is C[Si](C)(C)C#Cc1c2ccccc2cc2cccc(Cl)c12. The number of rotatable bonds is 0. The van der Waals surface area contributed by atoms with Crippen LogP contribution in [0.3, 0.4) is 0 Å². The van der Waals surface area contributed by atoms with Gasteiger partial charge in [0.25, 0.3) is 0 Å². The summed E-state index contributed by atoms with van der Waals surface area (Å²) in [6.45, 7) is 6.78. The predicted octanol–water partition coefficient (Wildman–Crippen LogP) is 5.88. The average Bonchev–Trinajstić information content (AvgIpc) is 2.43. The zero-order valence-electron chi connectivity index (χ0n) is 12.5. The van der Waals surface area contributed by atoms with Crippen molar-refractivity contribution >= 4 is 41.2 Å². The lowest BCUT2D eigenvalue weighted by Gasteiger charge is -2.09. The van der Waals surface area contributed by atoms with Gasteiger partial charge in [-0.3, -0.25) is 0 Å². The second kappa shape index (κ2) is 5.22. The molecule has 0 atom stereocenters. The fraction of sp³-hybridized carbons (Fsp3) is 0.158. The third-order valence-corrected chi connectivity index (χ3v) is 4.59. The molecule has 2 heteroatoms. The van der Waals surface area contributed by atoms with Crippen molar-refractivity contribution in [1.82, 2.24) is 0 Å². The Morgan fingerprint density at radius 1 is 0.905 bits per heavy atom. The molecule has 0 amide bonds. The maximum atomic E-state index is 6.46. The van der Waals surface area contributed by atoms with E-state index in [1.54, 1.807) is 0 Å². The van der Waals surface area contributed by atoms with Crippen LogP contribution in [0.25, 0.3) is 21.5 Å². The molecule has 0 spiro atoms. The lowest BCUT2D eigenvalue weighted by molar-refractivity contribution is 1.73. The molecule has 104 valence electrons. The average molecular weight is 309 g/mol. The quantitative estimate of drug-likeness (QED) is 0.276. The number of hydrogen-bond acceptors (Lipinski definition) is 0. The number of fused-ring (bicyclic) bond motifs is 2. The maximum absolute atomic E-state index is 6.46. The standard InChI is InChI=1S/C19H17ClSi/c1-21(2,3)12-11-17-16-9-5-4-7-14(16)13-15-8-6-10-18(20)19(15)17/h4-10,13H,1-3H3. The largest absolute Gasteiger partial charge is 0.129 e. The molecule has 0 aliphatic carbocycles. The van der Waals surface area contributed by atoms with Crippen LogP contribution in [-0.2, 0) is 0 Å². The van der Waals surface area contributed by atoms with Gasteiger partial charge in [-0.25, -0.2) is 0 Å². The summed E-state index contributed by atoms with van der Waals surface area (Å²) >= 11 is 6.46. The molecule has 0 saturated carbocycles. The molecule has 0 N–H and O–H groups in total. The summed E-state index contributed by atoms with van der Waals surface area (Å²) < 4.78 is 0. The first-order valence-corrected chi connectivity index (χ1v) is 11.0. The lowest BCUT2D eigenvalue weighted by atomic mass is 9.97. The first-order chi connectivity index (χ1) is 9.96. The Hall–Kier alpha value is -1.75. The van der Waals surface area contributed by atoms with Crippen LogP contribution in [-0.4, -0.2) is 8.07 Å². The van der Waals surface area contributed by atoms with Gasteiger partial charge in [0.1, 0.15) is 8.07 Å². The number of halogens is 1. The summed E-state index contributed by atoms with van der Waals surface area (Å²) in [5.41, 5.74) is 4.55. The van der Waals surface area contributed by atoms with Crippen molar-refractivity contribution in [3.63, 3.8) is 0 Å². The molecule has 3 aromatic rings. The van der Waals surface area contributed by atoms with Gasteiger partial charge in [-0.2, -0.15) is 0 Å². The zero-order valence-corrected chi connectivity index (χ0v) is 14.3. The zero-order chi connectivity index (χ0) is 15.0. The molecule has 0 aliphatic heterocycles. The van der Waals surface area contributed by atoms with Crippen LogP contribution in [0, 0.1) is 11.5 Å². The highest BCUT2D eigenvalue weighted by Gasteiger charge is 2.11. The van der Waals surface area contributed by atoms with Gasteiger partial charge in [0, 0.05) is 16.0 Å². The highest BCUT2D eigenvalue weighted by molar-refractivity contribution is 6.83. The van der Waals surface area contributed by atoms with E-state index in [1.807, 2.05) is 12.1 Å². The van der Waals surface area contributed by atoms with Crippen molar-refractivity contribution in [2.24, 2.45) is 0 Å². The number of benzene rings is 3. The van der Waals surface area contributed by atoms with E-state index in [1.165, 1.54) is 10.8 Å². The molecule has 0 aromatic heterocycles. The van der Waals surface area contributed by atoms with Crippen molar-refractivity contribution in [3.8, 4) is 11.5 Å². The van der Waals surface area contributed by atoms with Gasteiger partial charge in [-0.15, -0.1) is 5.54 Å². The summed E-state index contributed by atoms with van der Waals surface area (Å²) in [6, 6.07) is 16.6. The molecule has 21 heavy (non-hydrogen) atoms. The molecule has 0 bridgehead atoms. The van der Waals surface area contributed by atoms with Crippen molar-refractivity contribution < 1.29 is 0 Å². The first kappa shape index (κ1) is 14.2. The van der Waals surface area contributed by atoms with Gasteiger partial charge in [0.15, 0.2) is 0 Å². The molecule has 0 aliphatic rings. The summed E-state index contributed by atoms with van der Waals surface area (Å²) in [7, 11) is -1.44. The fourth-order valence-electron chi connectivity index (χ4n) is 2.46. The third-order valence-electron chi connectivity index (χ3n) is 3.40. The summed E-state index contributed by atoms with van der Waals surface area (Å²) in [5.74, 6) is 3.44. The van der Waals surface area contributed by atoms with Gasteiger partial charge >= 0.3 is 0 Å². The van der Waals surface area contributed by atoms with E-state index in [-0.39, 0.29) is 0 Å². The van der Waals surface area contributed by atoms with Crippen molar-refractivity contribution in [1.29, 1.82) is 0 Å². The first-order valence-electron chi connectivity index (χ1n) is 7.09. The van der Waals surface area contributed by atoms with Crippen molar-refractivity contribution in [3.05, 3.63) is 59.1 Å². The Balaban J connectivity index is 2.47. The Morgan fingerprint density at radius 3 is 2.38 bits per heavy atom.